The fraction of sp³-hybridized carbons (Fsp3) is 0.259. The number of carbonyl (C=O) groups is 2. The maximum absolute atomic E-state index is 12.7. The number of nitrogens with two attached hydrogens (primary N) is 1. The average Bonchev–Trinajstić information content (AvgIpc) is 3.34. The summed E-state index contributed by atoms with van der Waals surface area (Å²) in [4.78, 5) is 40.4. The van der Waals surface area contributed by atoms with Crippen LogP contribution in [0.1, 0.15) is 47.4 Å². The lowest BCUT2D eigenvalue weighted by Gasteiger charge is -2.32. The smallest absolute Gasteiger partial charge is 0.317 e. The van der Waals surface area contributed by atoms with Gasteiger partial charge in [-0.1, -0.05) is 12.1 Å². The van der Waals surface area contributed by atoms with Gasteiger partial charge >= 0.3 is 6.03 Å². The molecule has 0 radical (unpaired) electrons. The number of fused-ring (bicyclic) bond motifs is 1. The third-order valence-corrected chi connectivity index (χ3v) is 6.56. The molecule has 0 spiro atoms. The highest BCUT2D eigenvalue weighted by Crippen LogP contribution is 2.34. The summed E-state index contributed by atoms with van der Waals surface area (Å²) in [5, 5.41) is 14.6. The number of nitrogens with one attached hydrogen (secondary N) is 2. The number of urea groups is 1. The van der Waals surface area contributed by atoms with Crippen LogP contribution in [0.4, 0.5) is 16.4 Å². The molecule has 1 atom stereocenters. The van der Waals surface area contributed by atoms with Gasteiger partial charge in [-0.25, -0.2) is 19.7 Å². The van der Waals surface area contributed by atoms with Gasteiger partial charge in [-0.05, 0) is 44.0 Å². The number of imidazole rings is 1. The van der Waals surface area contributed by atoms with Crippen LogP contribution in [-0.4, -0.2) is 55.8 Å². The van der Waals surface area contributed by atoms with E-state index in [1.807, 2.05) is 40.6 Å². The number of aromatic nitrogens is 4. The predicted octanol–water partition coefficient (Wildman–Crippen LogP) is 3.41. The Balaban J connectivity index is 1.43. The number of pyridine rings is 1. The van der Waals surface area contributed by atoms with E-state index in [-0.39, 0.29) is 17.9 Å². The van der Waals surface area contributed by atoms with Crippen molar-refractivity contribution in [1.29, 1.82) is 5.26 Å². The Morgan fingerprint density at radius 2 is 2.00 bits per heavy atom. The molecule has 3 aromatic heterocycles. The quantitative estimate of drug-likeness (QED) is 0.372. The highest BCUT2D eigenvalue weighted by atomic mass is 16.2. The lowest BCUT2D eigenvalue weighted by Crippen LogP contribution is -2.45. The van der Waals surface area contributed by atoms with Crippen LogP contribution in [-0.2, 0) is 0 Å². The Kier molecular flexibility index (Phi) is 6.86. The maximum atomic E-state index is 12.7. The second-order valence-electron chi connectivity index (χ2n) is 9.04. The molecular formula is C27H27N9O2. The summed E-state index contributed by atoms with van der Waals surface area (Å²) in [6, 6.07) is 12.1. The third kappa shape index (κ3) is 4.84. The number of amides is 3. The molecule has 1 saturated heterocycles. The van der Waals surface area contributed by atoms with Gasteiger partial charge in [0.05, 0.1) is 11.6 Å². The first-order chi connectivity index (χ1) is 18.5. The maximum Gasteiger partial charge on any atom is 0.317 e. The molecular weight excluding hydrogens is 482 g/mol. The van der Waals surface area contributed by atoms with Crippen LogP contribution in [0.5, 0.6) is 0 Å². The summed E-state index contributed by atoms with van der Waals surface area (Å²) in [6.07, 6.45) is 6.73. The summed E-state index contributed by atoms with van der Waals surface area (Å²) in [6.45, 7) is 3.76. The Labute approximate surface area is 219 Å². The topological polar surface area (TPSA) is 154 Å². The molecule has 11 heteroatoms. The minimum absolute atomic E-state index is 0.0381. The number of nitrogen functional groups attached to an aromatic ring is 1. The summed E-state index contributed by atoms with van der Waals surface area (Å²) in [5.74, 6) is 1.17. The van der Waals surface area contributed by atoms with Crippen molar-refractivity contribution in [2.75, 3.05) is 30.7 Å². The molecule has 3 amide bonds. The molecule has 38 heavy (non-hydrogen) atoms. The molecule has 0 saturated carbocycles. The molecule has 1 aromatic carbocycles. The van der Waals surface area contributed by atoms with Gasteiger partial charge in [0.15, 0.2) is 0 Å². The van der Waals surface area contributed by atoms with Gasteiger partial charge in [-0.3, -0.25) is 9.20 Å². The fourth-order valence-electron chi connectivity index (χ4n) is 4.75. The van der Waals surface area contributed by atoms with Crippen LogP contribution >= 0.6 is 0 Å². The van der Waals surface area contributed by atoms with E-state index in [4.69, 9.17) is 16.0 Å². The van der Waals surface area contributed by atoms with Gasteiger partial charge in [0.25, 0.3) is 5.91 Å². The molecule has 4 heterocycles. The Bertz CT molecular complexity index is 1540. The zero-order valence-electron chi connectivity index (χ0n) is 20.9. The second-order valence-corrected chi connectivity index (χ2v) is 9.04. The lowest BCUT2D eigenvalue weighted by atomic mass is 9.97. The first kappa shape index (κ1) is 24.7. The van der Waals surface area contributed by atoms with E-state index in [1.165, 1.54) is 12.3 Å². The van der Waals surface area contributed by atoms with Crippen molar-refractivity contribution in [2.45, 2.75) is 25.7 Å². The van der Waals surface area contributed by atoms with Crippen LogP contribution in [0.15, 0.2) is 55.0 Å². The van der Waals surface area contributed by atoms with Gasteiger partial charge in [0, 0.05) is 55.3 Å². The van der Waals surface area contributed by atoms with E-state index in [2.05, 4.69) is 20.6 Å². The monoisotopic (exact) mass is 509 g/mol. The van der Waals surface area contributed by atoms with Gasteiger partial charge in [-0.15, -0.1) is 0 Å². The molecule has 1 aliphatic heterocycles. The van der Waals surface area contributed by atoms with Gasteiger partial charge in [0.1, 0.15) is 28.7 Å². The van der Waals surface area contributed by atoms with Crippen LogP contribution in [0.25, 0.3) is 16.8 Å². The normalized spacial score (nSPS) is 15.2. The number of hydrogen-bond donors (Lipinski definition) is 3. The number of nitriles is 1. The Hall–Kier alpha value is -4.98. The lowest BCUT2D eigenvalue weighted by molar-refractivity contribution is 0.102. The van der Waals surface area contributed by atoms with Crippen LogP contribution < -0.4 is 16.4 Å². The minimum Gasteiger partial charge on any atom is -0.382 e. The van der Waals surface area contributed by atoms with Crippen molar-refractivity contribution in [1.82, 2.24) is 29.6 Å². The van der Waals surface area contributed by atoms with E-state index in [0.29, 0.717) is 53.6 Å². The SMILES string of the molecule is CCNC(=O)N1CCCC(c2nc(-c3ccc(C(=O)Nc4cc(C#N)ccn4)cc3)c3c(N)nccn23)C1. The molecule has 4 N–H and O–H groups in total. The van der Waals surface area contributed by atoms with Gasteiger partial charge in [0.2, 0.25) is 0 Å². The van der Waals surface area contributed by atoms with E-state index in [1.54, 1.807) is 24.4 Å². The number of benzene rings is 1. The number of likely N-dealkylation sites (tertiary alicyclic amines) is 1. The average molecular weight is 510 g/mol. The van der Waals surface area contributed by atoms with Crippen molar-refractivity contribution in [3.63, 3.8) is 0 Å². The standard InChI is InChI=1S/C27H27N9O2/c1-2-30-27(38)35-12-3-4-20(16-35)25-34-22(23-24(29)32-11-13-36(23)25)18-5-7-19(8-6-18)26(37)33-21-14-17(15-28)9-10-31-21/h5-11,13-14,20H,2-4,12,16H2,1H3,(H2,29,32)(H,30,38)(H,31,33,37). The molecule has 1 unspecified atom stereocenters. The van der Waals surface area contributed by atoms with Crippen molar-refractivity contribution in [3.05, 3.63) is 71.9 Å². The predicted molar refractivity (Wildman–Crippen MR) is 142 cm³/mol. The molecule has 4 aromatic rings. The number of piperidine rings is 1. The van der Waals surface area contributed by atoms with E-state index >= 15 is 0 Å². The minimum atomic E-state index is -0.344. The zero-order chi connectivity index (χ0) is 26.6. The first-order valence-electron chi connectivity index (χ1n) is 12.4. The van der Waals surface area contributed by atoms with E-state index in [0.717, 1.165) is 24.2 Å². The summed E-state index contributed by atoms with van der Waals surface area (Å²) in [5.41, 5.74) is 9.27. The summed E-state index contributed by atoms with van der Waals surface area (Å²) in [7, 11) is 0. The third-order valence-electron chi connectivity index (χ3n) is 6.56. The van der Waals surface area contributed by atoms with Crippen LogP contribution in [0.2, 0.25) is 0 Å². The number of anilines is 2. The first-order valence-corrected chi connectivity index (χ1v) is 12.4. The number of carbonyl (C=O) groups excluding carboxylic acids is 2. The molecule has 0 bridgehead atoms. The van der Waals surface area contributed by atoms with Crippen molar-refractivity contribution in [3.8, 4) is 17.3 Å². The van der Waals surface area contributed by atoms with Crippen LogP contribution in [0.3, 0.4) is 0 Å². The van der Waals surface area contributed by atoms with Crippen molar-refractivity contribution >= 4 is 29.1 Å². The van der Waals surface area contributed by atoms with Crippen molar-refractivity contribution in [2.24, 2.45) is 0 Å². The molecule has 1 fully saturated rings. The largest absolute Gasteiger partial charge is 0.382 e. The van der Waals surface area contributed by atoms with E-state index < -0.39 is 0 Å². The van der Waals surface area contributed by atoms with Gasteiger partial charge in [-0.2, -0.15) is 5.26 Å². The molecule has 0 aliphatic carbocycles. The molecule has 1 aliphatic rings. The van der Waals surface area contributed by atoms with Crippen LogP contribution in [0, 0.1) is 11.3 Å². The highest BCUT2D eigenvalue weighted by Gasteiger charge is 2.29. The summed E-state index contributed by atoms with van der Waals surface area (Å²) >= 11 is 0. The summed E-state index contributed by atoms with van der Waals surface area (Å²) < 4.78 is 1.96. The number of nitrogens with zero attached hydrogens (tertiary/aromatic N) is 6. The molecule has 192 valence electrons. The molecule has 5 rings (SSSR count). The molecule has 11 nitrogen and oxygen atoms in total. The zero-order valence-corrected chi connectivity index (χ0v) is 20.9. The Morgan fingerprint density at radius 3 is 2.76 bits per heavy atom. The van der Waals surface area contributed by atoms with E-state index in [9.17, 15) is 9.59 Å². The second kappa shape index (κ2) is 10.6. The van der Waals surface area contributed by atoms with Crippen molar-refractivity contribution < 1.29 is 9.59 Å². The highest BCUT2D eigenvalue weighted by molar-refractivity contribution is 6.04. The van der Waals surface area contributed by atoms with Gasteiger partial charge < -0.3 is 21.3 Å². The Morgan fingerprint density at radius 1 is 1.18 bits per heavy atom. The fourth-order valence-corrected chi connectivity index (χ4v) is 4.75. The number of hydrogen-bond acceptors (Lipinski definition) is 7. The number of rotatable bonds is 5.